The largest absolute Gasteiger partial charge is 0.382 e. The summed E-state index contributed by atoms with van der Waals surface area (Å²) < 4.78 is 6.26. The second-order valence-corrected chi connectivity index (χ2v) is 6.96. The van der Waals surface area contributed by atoms with Crippen LogP contribution >= 0.6 is 0 Å². The van der Waals surface area contributed by atoms with Crippen LogP contribution in [-0.4, -0.2) is 30.9 Å². The van der Waals surface area contributed by atoms with Crippen LogP contribution in [0, 0.1) is 11.8 Å². The molecule has 22 heavy (non-hydrogen) atoms. The summed E-state index contributed by atoms with van der Waals surface area (Å²) in [6, 6.07) is 10.1. The number of benzene rings is 1. The zero-order chi connectivity index (χ0) is 15.4. The molecule has 3 heteroatoms. The Balaban J connectivity index is 1.66. The van der Waals surface area contributed by atoms with E-state index in [-0.39, 0.29) is 6.10 Å². The van der Waals surface area contributed by atoms with Crippen molar-refractivity contribution in [2.75, 3.05) is 19.7 Å². The monoisotopic (exact) mass is 303 g/mol. The van der Waals surface area contributed by atoms with Crippen LogP contribution in [-0.2, 0) is 10.3 Å². The van der Waals surface area contributed by atoms with E-state index in [0.717, 1.165) is 31.5 Å². The van der Waals surface area contributed by atoms with Crippen LogP contribution in [0.3, 0.4) is 0 Å². The van der Waals surface area contributed by atoms with E-state index in [4.69, 9.17) is 4.74 Å². The molecular weight excluding hydrogens is 274 g/mol. The molecule has 3 nitrogen and oxygen atoms in total. The van der Waals surface area contributed by atoms with E-state index in [1.807, 2.05) is 30.3 Å². The first-order valence-electron chi connectivity index (χ1n) is 8.84. The summed E-state index contributed by atoms with van der Waals surface area (Å²) in [7, 11) is 0. The Bertz CT molecular complexity index is 458. The molecule has 3 atom stereocenters. The number of ether oxygens (including phenoxy) is 1. The van der Waals surface area contributed by atoms with E-state index in [0.29, 0.717) is 18.4 Å². The molecule has 2 fully saturated rings. The first-order chi connectivity index (χ1) is 10.7. The van der Waals surface area contributed by atoms with Crippen molar-refractivity contribution in [3.8, 4) is 0 Å². The van der Waals surface area contributed by atoms with Gasteiger partial charge in [-0.25, -0.2) is 0 Å². The first-order valence-corrected chi connectivity index (χ1v) is 8.84. The Morgan fingerprint density at radius 3 is 2.68 bits per heavy atom. The number of piperidine rings is 1. The van der Waals surface area contributed by atoms with Crippen LogP contribution in [0.4, 0.5) is 0 Å². The van der Waals surface area contributed by atoms with Gasteiger partial charge < -0.3 is 15.2 Å². The molecule has 0 radical (unpaired) electrons. The van der Waals surface area contributed by atoms with Gasteiger partial charge in [-0.3, -0.25) is 0 Å². The standard InChI is InChI=1S/C19H29NO2/c1-2-6-15-11-12-20-13-18(15)22-14-19(21,17-9-10-17)16-7-4-3-5-8-16/h3-5,7-8,15,17-18,20-21H,2,6,9-14H2,1H3/t15?,18-,19?/m0/s1. The van der Waals surface area contributed by atoms with Crippen LogP contribution < -0.4 is 5.32 Å². The topological polar surface area (TPSA) is 41.5 Å². The maximum Gasteiger partial charge on any atom is 0.116 e. The predicted molar refractivity (Wildman–Crippen MR) is 88.7 cm³/mol. The van der Waals surface area contributed by atoms with Crippen LogP contribution in [0.5, 0.6) is 0 Å². The fourth-order valence-corrected chi connectivity index (χ4v) is 3.74. The molecule has 0 aromatic heterocycles. The van der Waals surface area contributed by atoms with Crippen molar-refractivity contribution >= 4 is 0 Å². The molecule has 2 N–H and O–H groups in total. The molecule has 3 rings (SSSR count). The van der Waals surface area contributed by atoms with Crippen LogP contribution in [0.15, 0.2) is 30.3 Å². The van der Waals surface area contributed by atoms with E-state index in [1.165, 1.54) is 19.3 Å². The Morgan fingerprint density at radius 2 is 2.00 bits per heavy atom. The van der Waals surface area contributed by atoms with Crippen molar-refractivity contribution < 1.29 is 9.84 Å². The molecule has 1 aromatic carbocycles. The molecule has 1 saturated heterocycles. The Hall–Kier alpha value is -0.900. The molecule has 1 aliphatic carbocycles. The highest BCUT2D eigenvalue weighted by atomic mass is 16.5. The second-order valence-electron chi connectivity index (χ2n) is 6.96. The van der Waals surface area contributed by atoms with Gasteiger partial charge >= 0.3 is 0 Å². The smallest absolute Gasteiger partial charge is 0.116 e. The average Bonchev–Trinajstić information content (AvgIpc) is 3.40. The van der Waals surface area contributed by atoms with Gasteiger partial charge in [-0.1, -0.05) is 43.7 Å². The summed E-state index contributed by atoms with van der Waals surface area (Å²) >= 11 is 0. The Kier molecular flexibility index (Phi) is 5.17. The van der Waals surface area contributed by atoms with Gasteiger partial charge in [-0.2, -0.15) is 0 Å². The van der Waals surface area contributed by atoms with Gasteiger partial charge in [0.15, 0.2) is 0 Å². The number of hydrogen-bond donors (Lipinski definition) is 2. The number of rotatable bonds is 7. The predicted octanol–water partition coefficient (Wildman–Crippen LogP) is 3.08. The van der Waals surface area contributed by atoms with Gasteiger partial charge in [-0.05, 0) is 49.6 Å². The minimum Gasteiger partial charge on any atom is -0.382 e. The maximum absolute atomic E-state index is 11.2. The van der Waals surface area contributed by atoms with Gasteiger partial charge in [0.05, 0.1) is 12.7 Å². The van der Waals surface area contributed by atoms with E-state index in [1.54, 1.807) is 0 Å². The Morgan fingerprint density at radius 1 is 1.23 bits per heavy atom. The molecule has 1 aliphatic heterocycles. The molecule has 122 valence electrons. The average molecular weight is 303 g/mol. The lowest BCUT2D eigenvalue weighted by Gasteiger charge is -2.36. The van der Waals surface area contributed by atoms with Gasteiger partial charge in [-0.15, -0.1) is 0 Å². The van der Waals surface area contributed by atoms with Crippen molar-refractivity contribution in [3.63, 3.8) is 0 Å². The fourth-order valence-electron chi connectivity index (χ4n) is 3.74. The normalized spacial score (nSPS) is 28.3. The number of hydrogen-bond acceptors (Lipinski definition) is 3. The molecule has 1 saturated carbocycles. The molecular formula is C19H29NO2. The molecule has 1 heterocycles. The SMILES string of the molecule is CCCC1CCNC[C@@H]1OCC(O)(c1ccccc1)C1CC1. The summed E-state index contributed by atoms with van der Waals surface area (Å²) in [4.78, 5) is 0. The molecule has 2 aliphatic rings. The lowest BCUT2D eigenvalue weighted by Crippen LogP contribution is -2.45. The number of nitrogens with one attached hydrogen (secondary N) is 1. The summed E-state index contributed by atoms with van der Waals surface area (Å²) in [6.07, 6.45) is 6.07. The van der Waals surface area contributed by atoms with Crippen molar-refractivity contribution in [1.29, 1.82) is 0 Å². The fraction of sp³-hybridized carbons (Fsp3) is 0.684. The highest BCUT2D eigenvalue weighted by molar-refractivity contribution is 5.25. The first kappa shape index (κ1) is 16.0. The minimum absolute atomic E-state index is 0.239. The molecule has 1 aromatic rings. The third kappa shape index (κ3) is 3.53. The lowest BCUT2D eigenvalue weighted by atomic mass is 9.88. The Labute approximate surface area is 134 Å². The highest BCUT2D eigenvalue weighted by Crippen LogP contribution is 2.46. The van der Waals surface area contributed by atoms with Crippen molar-refractivity contribution in [2.45, 2.75) is 50.7 Å². The van der Waals surface area contributed by atoms with Crippen LogP contribution in [0.25, 0.3) is 0 Å². The van der Waals surface area contributed by atoms with Gasteiger partial charge in [0.25, 0.3) is 0 Å². The quantitative estimate of drug-likeness (QED) is 0.813. The van der Waals surface area contributed by atoms with E-state index in [2.05, 4.69) is 12.2 Å². The van der Waals surface area contributed by atoms with Gasteiger partial charge in [0.1, 0.15) is 5.60 Å². The van der Waals surface area contributed by atoms with Crippen LogP contribution in [0.1, 0.15) is 44.6 Å². The van der Waals surface area contributed by atoms with Crippen molar-refractivity contribution in [1.82, 2.24) is 5.32 Å². The molecule has 2 unspecified atom stereocenters. The second kappa shape index (κ2) is 7.12. The summed E-state index contributed by atoms with van der Waals surface area (Å²) in [5.41, 5.74) is 0.198. The van der Waals surface area contributed by atoms with Crippen molar-refractivity contribution in [3.05, 3.63) is 35.9 Å². The van der Waals surface area contributed by atoms with Gasteiger partial charge in [0, 0.05) is 6.54 Å². The minimum atomic E-state index is -0.810. The summed E-state index contributed by atoms with van der Waals surface area (Å²) in [6.45, 7) is 4.67. The lowest BCUT2D eigenvalue weighted by molar-refractivity contribution is -0.108. The van der Waals surface area contributed by atoms with E-state index in [9.17, 15) is 5.11 Å². The van der Waals surface area contributed by atoms with Crippen molar-refractivity contribution in [2.24, 2.45) is 11.8 Å². The maximum atomic E-state index is 11.2. The third-order valence-corrected chi connectivity index (χ3v) is 5.27. The highest BCUT2D eigenvalue weighted by Gasteiger charge is 2.46. The zero-order valence-electron chi connectivity index (χ0n) is 13.6. The molecule has 0 amide bonds. The summed E-state index contributed by atoms with van der Waals surface area (Å²) in [5.74, 6) is 0.988. The van der Waals surface area contributed by atoms with Crippen LogP contribution in [0.2, 0.25) is 0 Å². The molecule has 0 bridgehead atoms. The summed E-state index contributed by atoms with van der Waals surface area (Å²) in [5, 5.41) is 14.7. The number of aliphatic hydroxyl groups is 1. The van der Waals surface area contributed by atoms with E-state index >= 15 is 0 Å². The van der Waals surface area contributed by atoms with Gasteiger partial charge in [0.2, 0.25) is 0 Å². The third-order valence-electron chi connectivity index (χ3n) is 5.27. The van der Waals surface area contributed by atoms with E-state index < -0.39 is 5.60 Å². The zero-order valence-corrected chi connectivity index (χ0v) is 13.6. The molecule has 0 spiro atoms.